The number of benzene rings is 2. The number of fused-ring (bicyclic) bond motifs is 1. The van der Waals surface area contributed by atoms with Crippen molar-refractivity contribution in [3.8, 4) is 11.5 Å². The molecule has 1 nitrogen and oxygen atoms in total. The molecular weight excluding hydrogens is 378 g/mol. The number of rotatable bonds is 3. The molecule has 2 aromatic rings. The summed E-state index contributed by atoms with van der Waals surface area (Å²) in [6.07, 6.45) is -5.87. The van der Waals surface area contributed by atoms with Gasteiger partial charge in [-0.3, -0.25) is 0 Å². The summed E-state index contributed by atoms with van der Waals surface area (Å²) < 4.78 is 85.8. The third-order valence-electron chi connectivity index (χ3n) is 3.27. The Morgan fingerprint density at radius 3 is 2.50 bits per heavy atom. The van der Waals surface area contributed by atoms with Crippen LogP contribution in [0.15, 0.2) is 35.2 Å². The SMILES string of the molecule is Fc1cc(Cl)cc(Oc2ccc3c(c2C(F)F)SC(F)(F)[C@@H]3F)c1. The van der Waals surface area contributed by atoms with E-state index >= 15 is 0 Å². The Labute approximate surface area is 141 Å². The van der Waals surface area contributed by atoms with Crippen LogP contribution in [0, 0.1) is 5.82 Å². The Hall–Kier alpha value is -1.54. The molecule has 0 saturated carbocycles. The number of alkyl halides is 5. The standard InChI is InChI=1S/C15H7ClF6OS/c16-6-3-7(17)5-8(4-6)23-10-2-1-9-12(11(10)14(19)20)24-15(21,22)13(9)18/h1-5,13-14H/t13-/m1/s1. The summed E-state index contributed by atoms with van der Waals surface area (Å²) in [5.41, 5.74) is -1.39. The first kappa shape index (κ1) is 17.3. The first-order chi connectivity index (χ1) is 11.2. The van der Waals surface area contributed by atoms with Gasteiger partial charge in [0.05, 0.1) is 5.56 Å². The van der Waals surface area contributed by atoms with Gasteiger partial charge in [0.1, 0.15) is 17.3 Å². The van der Waals surface area contributed by atoms with Gasteiger partial charge in [0, 0.05) is 21.5 Å². The third kappa shape index (κ3) is 3.04. The van der Waals surface area contributed by atoms with Gasteiger partial charge < -0.3 is 4.74 Å². The molecule has 0 radical (unpaired) electrons. The van der Waals surface area contributed by atoms with Crippen LogP contribution in [0.4, 0.5) is 26.3 Å². The van der Waals surface area contributed by atoms with Crippen molar-refractivity contribution in [2.75, 3.05) is 0 Å². The summed E-state index contributed by atoms with van der Waals surface area (Å²) in [6.45, 7) is 0. The lowest BCUT2D eigenvalue weighted by Gasteiger charge is -2.14. The lowest BCUT2D eigenvalue weighted by Crippen LogP contribution is -2.11. The maximum absolute atomic E-state index is 13.7. The van der Waals surface area contributed by atoms with E-state index in [0.717, 1.165) is 24.3 Å². The van der Waals surface area contributed by atoms with Gasteiger partial charge in [0.15, 0.2) is 6.17 Å². The Morgan fingerprint density at radius 2 is 1.88 bits per heavy atom. The Morgan fingerprint density at radius 1 is 1.17 bits per heavy atom. The molecule has 0 unspecified atom stereocenters. The largest absolute Gasteiger partial charge is 0.457 e. The summed E-state index contributed by atoms with van der Waals surface area (Å²) in [6, 6.07) is 4.96. The van der Waals surface area contributed by atoms with Crippen molar-refractivity contribution in [1.29, 1.82) is 0 Å². The monoisotopic (exact) mass is 384 g/mol. The minimum Gasteiger partial charge on any atom is -0.457 e. The van der Waals surface area contributed by atoms with E-state index in [-0.39, 0.29) is 22.5 Å². The first-order valence-corrected chi connectivity index (χ1v) is 7.68. The molecule has 0 saturated heterocycles. The van der Waals surface area contributed by atoms with E-state index in [0.29, 0.717) is 0 Å². The minimum atomic E-state index is -3.84. The Kier molecular flexibility index (Phi) is 4.37. The topological polar surface area (TPSA) is 9.23 Å². The minimum absolute atomic E-state index is 0.0329. The molecule has 0 N–H and O–H groups in total. The highest BCUT2D eigenvalue weighted by atomic mass is 35.5. The van der Waals surface area contributed by atoms with Crippen molar-refractivity contribution in [2.45, 2.75) is 22.7 Å². The summed E-state index contributed by atoms with van der Waals surface area (Å²) in [7, 11) is 0. The van der Waals surface area contributed by atoms with Gasteiger partial charge in [-0.25, -0.2) is 17.6 Å². The highest BCUT2D eigenvalue weighted by molar-refractivity contribution is 8.00. The summed E-state index contributed by atoms with van der Waals surface area (Å²) in [4.78, 5) is -0.567. The molecule has 24 heavy (non-hydrogen) atoms. The summed E-state index contributed by atoms with van der Waals surface area (Å²) >= 11 is 5.37. The van der Waals surface area contributed by atoms with Gasteiger partial charge in [-0.05, 0) is 30.0 Å². The van der Waals surface area contributed by atoms with E-state index in [1.807, 2.05) is 0 Å². The molecule has 0 fully saturated rings. The van der Waals surface area contributed by atoms with Gasteiger partial charge in [-0.1, -0.05) is 17.7 Å². The molecule has 0 aliphatic carbocycles. The zero-order chi connectivity index (χ0) is 17.6. The van der Waals surface area contributed by atoms with Crippen LogP contribution in [-0.2, 0) is 0 Å². The second-order valence-electron chi connectivity index (χ2n) is 4.93. The molecular formula is C15H7ClF6OS. The van der Waals surface area contributed by atoms with Crippen molar-refractivity contribution in [2.24, 2.45) is 0 Å². The van der Waals surface area contributed by atoms with Crippen molar-refractivity contribution >= 4 is 23.4 Å². The Balaban J connectivity index is 2.07. The average molecular weight is 385 g/mol. The number of ether oxygens (including phenoxy) is 1. The number of halogens is 7. The van der Waals surface area contributed by atoms with Crippen LogP contribution in [0.3, 0.4) is 0 Å². The molecule has 2 aromatic carbocycles. The van der Waals surface area contributed by atoms with Gasteiger partial charge in [-0.2, -0.15) is 8.78 Å². The number of hydrogen-bond donors (Lipinski definition) is 0. The zero-order valence-electron chi connectivity index (χ0n) is 11.5. The molecule has 0 spiro atoms. The van der Waals surface area contributed by atoms with Gasteiger partial charge >= 0.3 is 5.25 Å². The maximum atomic E-state index is 13.7. The second-order valence-corrected chi connectivity index (χ2v) is 6.52. The van der Waals surface area contributed by atoms with Crippen molar-refractivity contribution in [3.63, 3.8) is 0 Å². The molecule has 3 rings (SSSR count). The van der Waals surface area contributed by atoms with Crippen molar-refractivity contribution in [1.82, 2.24) is 0 Å². The van der Waals surface area contributed by atoms with E-state index in [2.05, 4.69) is 0 Å². The van der Waals surface area contributed by atoms with Gasteiger partial charge in [0.25, 0.3) is 6.43 Å². The van der Waals surface area contributed by atoms with Crippen LogP contribution in [0.25, 0.3) is 0 Å². The van der Waals surface area contributed by atoms with E-state index < -0.39 is 45.4 Å². The lowest BCUT2D eigenvalue weighted by atomic mass is 10.1. The van der Waals surface area contributed by atoms with E-state index in [4.69, 9.17) is 16.3 Å². The normalized spacial score (nSPS) is 18.8. The van der Waals surface area contributed by atoms with E-state index in [1.54, 1.807) is 0 Å². The van der Waals surface area contributed by atoms with E-state index in [9.17, 15) is 26.3 Å². The van der Waals surface area contributed by atoms with E-state index in [1.165, 1.54) is 6.07 Å². The molecule has 1 aliphatic rings. The van der Waals surface area contributed by atoms with Crippen LogP contribution in [0.2, 0.25) is 5.02 Å². The Bertz CT molecular complexity index is 778. The zero-order valence-corrected chi connectivity index (χ0v) is 13.1. The molecule has 9 heteroatoms. The molecule has 0 amide bonds. The van der Waals surface area contributed by atoms with Crippen LogP contribution in [0.1, 0.15) is 23.7 Å². The van der Waals surface area contributed by atoms with Crippen LogP contribution >= 0.6 is 23.4 Å². The van der Waals surface area contributed by atoms with Crippen molar-refractivity contribution in [3.05, 3.63) is 52.3 Å². The smallest absolute Gasteiger partial charge is 0.333 e. The maximum Gasteiger partial charge on any atom is 0.333 e. The van der Waals surface area contributed by atoms with Gasteiger partial charge in [-0.15, -0.1) is 0 Å². The highest BCUT2D eigenvalue weighted by Crippen LogP contribution is 2.59. The third-order valence-corrected chi connectivity index (χ3v) is 4.63. The van der Waals surface area contributed by atoms with Gasteiger partial charge in [0.2, 0.25) is 0 Å². The molecule has 1 aliphatic heterocycles. The number of thioether (sulfide) groups is 1. The quantitative estimate of drug-likeness (QED) is 0.531. The predicted octanol–water partition coefficient (Wildman–Crippen LogP) is 6.92. The molecule has 1 atom stereocenters. The fourth-order valence-corrected chi connectivity index (χ4v) is 3.59. The fourth-order valence-electron chi connectivity index (χ4n) is 2.29. The lowest BCUT2D eigenvalue weighted by molar-refractivity contribution is 0.0187. The van der Waals surface area contributed by atoms with Crippen LogP contribution in [0.5, 0.6) is 11.5 Å². The van der Waals surface area contributed by atoms with Crippen LogP contribution in [-0.4, -0.2) is 5.25 Å². The summed E-state index contributed by atoms with van der Waals surface area (Å²) in [5, 5.41) is -3.87. The van der Waals surface area contributed by atoms with Crippen LogP contribution < -0.4 is 4.74 Å². The first-order valence-electron chi connectivity index (χ1n) is 6.49. The van der Waals surface area contributed by atoms with Crippen molar-refractivity contribution < 1.29 is 31.1 Å². The average Bonchev–Trinajstić information content (AvgIpc) is 2.67. The molecule has 1 heterocycles. The highest BCUT2D eigenvalue weighted by Gasteiger charge is 2.51. The summed E-state index contributed by atoms with van der Waals surface area (Å²) in [5.74, 6) is -1.42. The molecule has 128 valence electrons. The second kappa shape index (κ2) is 6.07. The fraction of sp³-hybridized carbons (Fsp3) is 0.200. The predicted molar refractivity (Wildman–Crippen MR) is 77.5 cm³/mol. The molecule has 0 bridgehead atoms. The molecule has 0 aromatic heterocycles. The number of hydrogen-bond acceptors (Lipinski definition) is 2.